The van der Waals surface area contributed by atoms with Gasteiger partial charge in [-0.15, -0.1) is 0 Å². The van der Waals surface area contributed by atoms with E-state index in [0.29, 0.717) is 12.3 Å². The first-order valence-corrected chi connectivity index (χ1v) is 7.63. The van der Waals surface area contributed by atoms with E-state index in [9.17, 15) is 13.9 Å². The molecule has 0 aliphatic rings. The predicted molar refractivity (Wildman–Crippen MR) is 87.3 cm³/mol. The Balaban J connectivity index is 1.80. The molecule has 0 saturated heterocycles. The van der Waals surface area contributed by atoms with Crippen molar-refractivity contribution in [2.75, 3.05) is 20.3 Å². The zero-order chi connectivity index (χ0) is 17.5. The van der Waals surface area contributed by atoms with E-state index >= 15 is 0 Å². The van der Waals surface area contributed by atoms with E-state index in [1.165, 1.54) is 37.4 Å². The Morgan fingerprint density at radius 2 is 1.83 bits per heavy atom. The minimum Gasteiger partial charge on any atom is -0.494 e. The Labute approximate surface area is 140 Å². The highest BCUT2D eigenvalue weighted by molar-refractivity contribution is 5.31. The number of benzene rings is 2. The average molecular weight is 337 g/mol. The van der Waals surface area contributed by atoms with Crippen molar-refractivity contribution in [2.45, 2.75) is 19.1 Å². The second-order valence-corrected chi connectivity index (χ2v) is 5.44. The van der Waals surface area contributed by atoms with Crippen LogP contribution in [-0.2, 0) is 0 Å². The molecule has 0 radical (unpaired) electrons. The van der Waals surface area contributed by atoms with Crippen LogP contribution in [0.15, 0.2) is 42.5 Å². The zero-order valence-electron chi connectivity index (χ0n) is 13.6. The molecule has 0 heterocycles. The molecular weight excluding hydrogens is 316 g/mol. The molecule has 24 heavy (non-hydrogen) atoms. The summed E-state index contributed by atoms with van der Waals surface area (Å²) in [5, 5.41) is 13.1. The lowest BCUT2D eigenvalue weighted by atomic mass is 10.1. The van der Waals surface area contributed by atoms with E-state index in [-0.39, 0.29) is 24.2 Å². The third kappa shape index (κ3) is 5.18. The molecule has 0 spiro atoms. The van der Waals surface area contributed by atoms with Crippen LogP contribution in [0.1, 0.15) is 18.5 Å². The van der Waals surface area contributed by atoms with Gasteiger partial charge in [0.15, 0.2) is 11.6 Å². The summed E-state index contributed by atoms with van der Waals surface area (Å²) in [5.74, 6) is -0.0811. The molecule has 0 bridgehead atoms. The first-order valence-electron chi connectivity index (χ1n) is 7.63. The molecule has 2 rings (SSSR count). The normalized spacial score (nSPS) is 13.4. The quantitative estimate of drug-likeness (QED) is 0.777. The number of halogens is 2. The lowest BCUT2D eigenvalue weighted by molar-refractivity contribution is 0.104. The van der Waals surface area contributed by atoms with Gasteiger partial charge in [0.2, 0.25) is 0 Å². The van der Waals surface area contributed by atoms with Crippen molar-refractivity contribution in [3.05, 3.63) is 59.7 Å². The van der Waals surface area contributed by atoms with Crippen LogP contribution >= 0.6 is 0 Å². The maximum absolute atomic E-state index is 13.4. The van der Waals surface area contributed by atoms with Gasteiger partial charge in [0.1, 0.15) is 24.3 Å². The van der Waals surface area contributed by atoms with E-state index in [2.05, 4.69) is 5.32 Å². The molecule has 2 unspecified atom stereocenters. The van der Waals surface area contributed by atoms with Crippen molar-refractivity contribution in [3.63, 3.8) is 0 Å². The Hall–Kier alpha value is -2.18. The van der Waals surface area contributed by atoms with Crippen molar-refractivity contribution in [3.8, 4) is 11.5 Å². The number of hydrogen-bond donors (Lipinski definition) is 2. The molecule has 2 N–H and O–H groups in total. The Kier molecular flexibility index (Phi) is 6.52. The highest BCUT2D eigenvalue weighted by Crippen LogP contribution is 2.22. The number of rotatable bonds is 8. The van der Waals surface area contributed by atoms with Gasteiger partial charge in [0, 0.05) is 12.6 Å². The van der Waals surface area contributed by atoms with Crippen LogP contribution in [0, 0.1) is 11.6 Å². The first kappa shape index (κ1) is 18.2. The summed E-state index contributed by atoms with van der Waals surface area (Å²) in [6.45, 7) is 2.28. The van der Waals surface area contributed by atoms with Crippen LogP contribution < -0.4 is 14.8 Å². The average Bonchev–Trinajstić information content (AvgIpc) is 2.59. The SMILES string of the molecule is COc1cc(C(C)NCC(O)COc2ccc(F)cc2)ccc1F. The molecule has 4 nitrogen and oxygen atoms in total. The zero-order valence-corrected chi connectivity index (χ0v) is 13.6. The second-order valence-electron chi connectivity index (χ2n) is 5.44. The molecule has 0 amide bonds. The van der Waals surface area contributed by atoms with Gasteiger partial charge >= 0.3 is 0 Å². The van der Waals surface area contributed by atoms with Crippen molar-refractivity contribution >= 4 is 0 Å². The molecule has 0 aliphatic heterocycles. The van der Waals surface area contributed by atoms with Crippen LogP contribution in [0.2, 0.25) is 0 Å². The minimum atomic E-state index is -0.736. The van der Waals surface area contributed by atoms with Crippen LogP contribution in [0.5, 0.6) is 11.5 Å². The monoisotopic (exact) mass is 337 g/mol. The van der Waals surface area contributed by atoms with E-state index in [1.54, 1.807) is 12.1 Å². The molecule has 0 aromatic heterocycles. The molecule has 0 fully saturated rings. The molecule has 2 atom stereocenters. The number of ether oxygens (including phenoxy) is 2. The molecule has 130 valence electrons. The maximum atomic E-state index is 13.4. The van der Waals surface area contributed by atoms with E-state index in [0.717, 1.165) is 5.56 Å². The smallest absolute Gasteiger partial charge is 0.165 e. The van der Waals surface area contributed by atoms with Crippen LogP contribution in [0.4, 0.5) is 8.78 Å². The molecule has 2 aromatic carbocycles. The highest BCUT2D eigenvalue weighted by atomic mass is 19.1. The lowest BCUT2D eigenvalue weighted by Gasteiger charge is -2.18. The molecule has 2 aromatic rings. The Morgan fingerprint density at radius 3 is 2.50 bits per heavy atom. The van der Waals surface area contributed by atoms with Crippen LogP contribution in [-0.4, -0.2) is 31.5 Å². The summed E-state index contributed by atoms with van der Waals surface area (Å²) >= 11 is 0. The van der Waals surface area contributed by atoms with Gasteiger partial charge in [0.25, 0.3) is 0 Å². The fraction of sp³-hybridized carbons (Fsp3) is 0.333. The predicted octanol–water partition coefficient (Wildman–Crippen LogP) is 3.06. The van der Waals surface area contributed by atoms with Crippen LogP contribution in [0.3, 0.4) is 0 Å². The third-order valence-corrected chi connectivity index (χ3v) is 3.59. The largest absolute Gasteiger partial charge is 0.494 e. The summed E-state index contributed by atoms with van der Waals surface area (Å²) in [4.78, 5) is 0. The van der Waals surface area contributed by atoms with E-state index in [1.807, 2.05) is 6.92 Å². The van der Waals surface area contributed by atoms with Crippen molar-refractivity contribution in [1.29, 1.82) is 0 Å². The van der Waals surface area contributed by atoms with Gasteiger partial charge in [-0.2, -0.15) is 0 Å². The van der Waals surface area contributed by atoms with Crippen molar-refractivity contribution in [1.82, 2.24) is 5.32 Å². The summed E-state index contributed by atoms with van der Waals surface area (Å²) in [6, 6.07) is 10.1. The minimum absolute atomic E-state index is 0.0814. The Bertz CT molecular complexity index is 649. The third-order valence-electron chi connectivity index (χ3n) is 3.59. The standard InChI is InChI=1S/C18H21F2NO3/c1-12(13-3-8-17(20)18(9-13)23-2)21-10-15(22)11-24-16-6-4-14(19)5-7-16/h3-9,12,15,21-22H,10-11H2,1-2H3. The topological polar surface area (TPSA) is 50.7 Å². The van der Waals surface area contributed by atoms with Crippen LogP contribution in [0.25, 0.3) is 0 Å². The van der Waals surface area contributed by atoms with Gasteiger partial charge in [-0.1, -0.05) is 6.07 Å². The van der Waals surface area contributed by atoms with Gasteiger partial charge in [-0.3, -0.25) is 0 Å². The fourth-order valence-corrected chi connectivity index (χ4v) is 2.16. The fourth-order valence-electron chi connectivity index (χ4n) is 2.16. The van der Waals surface area contributed by atoms with Gasteiger partial charge in [-0.25, -0.2) is 8.78 Å². The summed E-state index contributed by atoms with van der Waals surface area (Å²) < 4.78 is 36.5. The van der Waals surface area contributed by atoms with Gasteiger partial charge < -0.3 is 19.9 Å². The molecule has 6 heteroatoms. The first-order chi connectivity index (χ1) is 11.5. The molecule has 0 aliphatic carbocycles. The molecule has 0 saturated carbocycles. The number of aliphatic hydroxyl groups is 1. The lowest BCUT2D eigenvalue weighted by Crippen LogP contribution is -2.33. The maximum Gasteiger partial charge on any atom is 0.165 e. The summed E-state index contributed by atoms with van der Waals surface area (Å²) in [5.41, 5.74) is 0.847. The number of nitrogens with one attached hydrogen (secondary N) is 1. The second kappa shape index (κ2) is 8.61. The summed E-state index contributed by atoms with van der Waals surface area (Å²) in [6.07, 6.45) is -0.736. The van der Waals surface area contributed by atoms with Gasteiger partial charge in [-0.05, 0) is 48.9 Å². The van der Waals surface area contributed by atoms with E-state index < -0.39 is 11.9 Å². The van der Waals surface area contributed by atoms with Crippen molar-refractivity contribution < 1.29 is 23.4 Å². The number of methoxy groups -OCH3 is 1. The summed E-state index contributed by atoms with van der Waals surface area (Å²) in [7, 11) is 1.41. The number of aliphatic hydroxyl groups excluding tert-OH is 1. The van der Waals surface area contributed by atoms with Gasteiger partial charge in [0.05, 0.1) is 7.11 Å². The number of hydrogen-bond acceptors (Lipinski definition) is 4. The highest BCUT2D eigenvalue weighted by Gasteiger charge is 2.12. The Morgan fingerprint density at radius 1 is 1.12 bits per heavy atom. The molecular formula is C18H21F2NO3. The van der Waals surface area contributed by atoms with Crippen molar-refractivity contribution in [2.24, 2.45) is 0 Å². The van der Waals surface area contributed by atoms with E-state index in [4.69, 9.17) is 9.47 Å².